The number of amides is 1. The molecule has 0 fully saturated rings. The fourth-order valence-corrected chi connectivity index (χ4v) is 3.66. The summed E-state index contributed by atoms with van der Waals surface area (Å²) in [5.41, 5.74) is 4.29. The summed E-state index contributed by atoms with van der Waals surface area (Å²) in [6, 6.07) is 6.21. The Morgan fingerprint density at radius 2 is 2.00 bits per heavy atom. The molecule has 1 amide bonds. The van der Waals surface area contributed by atoms with Gasteiger partial charge in [-0.15, -0.1) is 0 Å². The van der Waals surface area contributed by atoms with Gasteiger partial charge in [0.25, 0.3) is 0 Å². The second-order valence-corrected chi connectivity index (χ2v) is 6.31. The Morgan fingerprint density at radius 3 is 2.83 bits per heavy atom. The number of carbonyl (C=O) groups excluding carboxylic acids is 1. The van der Waals surface area contributed by atoms with E-state index in [-0.39, 0.29) is 5.91 Å². The van der Waals surface area contributed by atoms with Gasteiger partial charge in [-0.25, -0.2) is 5.48 Å². The fourth-order valence-electron chi connectivity index (χ4n) is 3.66. The number of aromatic hydroxyl groups is 1. The molecule has 1 aliphatic rings. The van der Waals surface area contributed by atoms with Gasteiger partial charge in [-0.3, -0.25) is 10.0 Å². The van der Waals surface area contributed by atoms with Crippen molar-refractivity contribution in [2.45, 2.75) is 57.9 Å². The topological polar surface area (TPSA) is 74.5 Å². The van der Waals surface area contributed by atoms with Crippen LogP contribution in [0.4, 0.5) is 0 Å². The summed E-state index contributed by atoms with van der Waals surface area (Å²) >= 11 is 0. The quantitative estimate of drug-likeness (QED) is 0.417. The predicted molar refractivity (Wildman–Crippen MR) is 88.6 cm³/mol. The molecule has 2 aromatic rings. The molecule has 0 unspecified atom stereocenters. The van der Waals surface area contributed by atoms with Crippen LogP contribution in [0.1, 0.15) is 49.8 Å². The van der Waals surface area contributed by atoms with Crippen LogP contribution in [0, 0.1) is 0 Å². The average molecular weight is 316 g/mol. The van der Waals surface area contributed by atoms with Crippen molar-refractivity contribution >= 4 is 16.7 Å². The lowest BCUT2D eigenvalue weighted by Gasteiger charge is -2.15. The van der Waals surface area contributed by atoms with Crippen LogP contribution in [-0.2, 0) is 24.2 Å². The second-order valence-electron chi connectivity index (χ2n) is 6.31. The highest BCUT2D eigenvalue weighted by atomic mass is 16.5. The summed E-state index contributed by atoms with van der Waals surface area (Å²) in [5, 5.41) is 21.2. The lowest BCUT2D eigenvalue weighted by Crippen LogP contribution is -2.17. The van der Waals surface area contributed by atoms with E-state index in [1.54, 1.807) is 5.48 Å². The summed E-state index contributed by atoms with van der Waals surface area (Å²) in [5.74, 6) is 0.0784. The molecular formula is C18H24N2O3. The van der Waals surface area contributed by atoms with Crippen LogP contribution in [0.15, 0.2) is 18.2 Å². The van der Waals surface area contributed by atoms with Gasteiger partial charge < -0.3 is 9.67 Å². The minimum atomic E-state index is -0.323. The van der Waals surface area contributed by atoms with Gasteiger partial charge in [-0.05, 0) is 43.7 Å². The van der Waals surface area contributed by atoms with Gasteiger partial charge in [0.2, 0.25) is 5.91 Å². The van der Waals surface area contributed by atoms with Crippen molar-refractivity contribution in [3.8, 4) is 5.88 Å². The summed E-state index contributed by atoms with van der Waals surface area (Å²) in [7, 11) is 0. The van der Waals surface area contributed by atoms with E-state index >= 15 is 0 Å². The number of hydrogen-bond acceptors (Lipinski definition) is 3. The van der Waals surface area contributed by atoms with Crippen molar-refractivity contribution < 1.29 is 15.1 Å². The standard InChI is InChI=1S/C18H24N2O3/c21-16(19-23)11-3-1-2-4-12-20-15-10-6-8-13-7-5-9-14(17(13)15)18(20)22/h5,7,9,22-23H,1-4,6,8,10-12H2,(H,19,21). The van der Waals surface area contributed by atoms with Crippen LogP contribution in [-0.4, -0.2) is 20.8 Å². The van der Waals surface area contributed by atoms with E-state index in [0.717, 1.165) is 56.9 Å². The molecule has 1 aromatic heterocycles. The molecule has 0 saturated heterocycles. The summed E-state index contributed by atoms with van der Waals surface area (Å²) in [6.07, 6.45) is 7.37. The van der Waals surface area contributed by atoms with Gasteiger partial charge >= 0.3 is 0 Å². The van der Waals surface area contributed by atoms with Gasteiger partial charge in [0.1, 0.15) is 0 Å². The Labute approximate surface area is 135 Å². The molecule has 3 rings (SSSR count). The lowest BCUT2D eigenvalue weighted by atomic mass is 9.94. The highest BCUT2D eigenvalue weighted by Gasteiger charge is 2.21. The van der Waals surface area contributed by atoms with Crippen LogP contribution in [0.2, 0.25) is 0 Å². The van der Waals surface area contributed by atoms with Crippen LogP contribution >= 0.6 is 0 Å². The smallest absolute Gasteiger partial charge is 0.243 e. The number of hydrogen-bond donors (Lipinski definition) is 3. The number of aryl methyl sites for hydroxylation is 2. The van der Waals surface area contributed by atoms with E-state index in [2.05, 4.69) is 10.6 Å². The van der Waals surface area contributed by atoms with E-state index in [0.29, 0.717) is 12.3 Å². The van der Waals surface area contributed by atoms with E-state index in [1.807, 2.05) is 12.1 Å². The molecule has 1 heterocycles. The monoisotopic (exact) mass is 316 g/mol. The van der Waals surface area contributed by atoms with E-state index in [4.69, 9.17) is 5.21 Å². The largest absolute Gasteiger partial charge is 0.494 e. The number of carbonyl (C=O) groups is 1. The Hall–Kier alpha value is -2.01. The Bertz CT molecular complexity index is 706. The normalized spacial score (nSPS) is 13.4. The zero-order valence-corrected chi connectivity index (χ0v) is 13.3. The van der Waals surface area contributed by atoms with Crippen LogP contribution in [0.25, 0.3) is 10.8 Å². The molecule has 0 radical (unpaired) electrons. The molecule has 0 aliphatic heterocycles. The van der Waals surface area contributed by atoms with Gasteiger partial charge in [-0.2, -0.15) is 0 Å². The van der Waals surface area contributed by atoms with Gasteiger partial charge in [0, 0.05) is 29.4 Å². The fraction of sp³-hybridized carbons (Fsp3) is 0.500. The first-order valence-corrected chi connectivity index (χ1v) is 8.47. The number of aromatic nitrogens is 1. The third-order valence-corrected chi connectivity index (χ3v) is 4.78. The first-order valence-electron chi connectivity index (χ1n) is 8.47. The maximum absolute atomic E-state index is 10.9. The lowest BCUT2D eigenvalue weighted by molar-refractivity contribution is -0.129. The number of unbranched alkanes of at least 4 members (excludes halogenated alkanes) is 3. The number of hydroxylamine groups is 1. The summed E-state index contributed by atoms with van der Waals surface area (Å²) in [4.78, 5) is 10.9. The molecule has 1 aliphatic carbocycles. The van der Waals surface area contributed by atoms with Crippen LogP contribution in [0.5, 0.6) is 5.88 Å². The van der Waals surface area contributed by atoms with Gasteiger partial charge in [0.15, 0.2) is 5.88 Å². The first-order chi connectivity index (χ1) is 11.2. The van der Waals surface area contributed by atoms with Crippen molar-refractivity contribution in [1.29, 1.82) is 0 Å². The zero-order chi connectivity index (χ0) is 16.2. The first kappa shape index (κ1) is 15.9. The molecule has 0 spiro atoms. The van der Waals surface area contributed by atoms with Crippen molar-refractivity contribution in [3.05, 3.63) is 29.5 Å². The second kappa shape index (κ2) is 7.04. The molecule has 0 bridgehead atoms. The summed E-state index contributed by atoms with van der Waals surface area (Å²) < 4.78 is 2.08. The van der Waals surface area contributed by atoms with E-state index in [9.17, 15) is 9.90 Å². The molecule has 0 atom stereocenters. The van der Waals surface area contributed by atoms with Crippen molar-refractivity contribution in [2.75, 3.05) is 0 Å². The maximum Gasteiger partial charge on any atom is 0.243 e. The Morgan fingerprint density at radius 1 is 1.17 bits per heavy atom. The molecule has 124 valence electrons. The Balaban J connectivity index is 1.62. The molecule has 5 heteroatoms. The number of benzene rings is 1. The molecule has 5 nitrogen and oxygen atoms in total. The molecule has 23 heavy (non-hydrogen) atoms. The van der Waals surface area contributed by atoms with Gasteiger partial charge in [-0.1, -0.05) is 25.0 Å². The van der Waals surface area contributed by atoms with E-state index < -0.39 is 0 Å². The highest BCUT2D eigenvalue weighted by molar-refractivity contribution is 5.94. The van der Waals surface area contributed by atoms with Crippen LogP contribution in [0.3, 0.4) is 0 Å². The minimum Gasteiger partial charge on any atom is -0.494 e. The van der Waals surface area contributed by atoms with E-state index in [1.165, 1.54) is 16.6 Å². The third-order valence-electron chi connectivity index (χ3n) is 4.78. The minimum absolute atomic E-state index is 0.323. The zero-order valence-electron chi connectivity index (χ0n) is 13.3. The van der Waals surface area contributed by atoms with Gasteiger partial charge in [0.05, 0.1) is 0 Å². The molecular weight excluding hydrogens is 292 g/mol. The SMILES string of the molecule is O=C(CCCCCCn1c(O)c2cccc3c2c1CCC3)NO. The van der Waals surface area contributed by atoms with Crippen molar-refractivity contribution in [1.82, 2.24) is 10.0 Å². The van der Waals surface area contributed by atoms with Crippen LogP contribution < -0.4 is 5.48 Å². The third kappa shape index (κ3) is 3.20. The number of rotatable bonds is 7. The number of nitrogens with one attached hydrogen (secondary N) is 1. The van der Waals surface area contributed by atoms with Crippen molar-refractivity contribution in [3.63, 3.8) is 0 Å². The maximum atomic E-state index is 10.9. The molecule has 3 N–H and O–H groups in total. The predicted octanol–water partition coefficient (Wildman–Crippen LogP) is 3.29. The highest BCUT2D eigenvalue weighted by Crippen LogP contribution is 2.38. The van der Waals surface area contributed by atoms with Crippen molar-refractivity contribution in [2.24, 2.45) is 0 Å². The Kier molecular flexibility index (Phi) is 4.86. The summed E-state index contributed by atoms with van der Waals surface area (Å²) in [6.45, 7) is 0.821. The molecule has 0 saturated carbocycles. The number of nitrogens with zero attached hydrogens (tertiary/aromatic N) is 1. The molecule has 1 aromatic carbocycles. The average Bonchev–Trinajstić information content (AvgIpc) is 2.85.